The smallest absolute Gasteiger partial charge is 0.255 e. The van der Waals surface area contributed by atoms with E-state index in [1.165, 1.54) is 11.3 Å². The Bertz CT molecular complexity index is 1120. The van der Waals surface area contributed by atoms with Crippen LogP contribution in [0.15, 0.2) is 48.5 Å². The van der Waals surface area contributed by atoms with Crippen LogP contribution >= 0.6 is 11.3 Å². The molecule has 2 aromatic carbocycles. The highest BCUT2D eigenvalue weighted by molar-refractivity contribution is 7.19. The summed E-state index contributed by atoms with van der Waals surface area (Å²) in [6.07, 6.45) is 1.82. The molecule has 0 radical (unpaired) electrons. The first-order valence-corrected chi connectivity index (χ1v) is 9.76. The van der Waals surface area contributed by atoms with Gasteiger partial charge in [-0.3, -0.25) is 4.79 Å². The molecule has 7 nitrogen and oxygen atoms in total. The van der Waals surface area contributed by atoms with Crippen LogP contribution in [-0.2, 0) is 6.42 Å². The molecule has 1 amide bonds. The summed E-state index contributed by atoms with van der Waals surface area (Å²) in [4.78, 5) is 13.3. The molecule has 28 heavy (non-hydrogen) atoms. The van der Waals surface area contributed by atoms with Crippen LogP contribution in [0.4, 0.5) is 5.69 Å². The summed E-state index contributed by atoms with van der Waals surface area (Å²) in [5.41, 5.74) is 2.19. The second-order valence-corrected chi connectivity index (χ2v) is 7.19. The number of carbonyl (C=O) groups is 1. The Morgan fingerprint density at radius 1 is 1.18 bits per heavy atom. The predicted octanol–water partition coefficient (Wildman–Crippen LogP) is 4.07. The van der Waals surface area contributed by atoms with Crippen LogP contribution in [0, 0.1) is 0 Å². The number of carbonyl (C=O) groups excluding carboxylic acids is 1. The van der Waals surface area contributed by atoms with Gasteiger partial charge in [-0.15, -0.1) is 10.2 Å². The average molecular weight is 393 g/mol. The molecule has 2 aromatic heterocycles. The van der Waals surface area contributed by atoms with Gasteiger partial charge in [0.25, 0.3) is 5.91 Å². The summed E-state index contributed by atoms with van der Waals surface area (Å²) < 4.78 is 6.92. The van der Waals surface area contributed by atoms with Crippen molar-refractivity contribution < 1.29 is 9.53 Å². The number of anilines is 1. The largest absolute Gasteiger partial charge is 0.497 e. The first-order chi connectivity index (χ1) is 13.7. The number of aromatic nitrogens is 4. The van der Waals surface area contributed by atoms with E-state index in [1.807, 2.05) is 24.3 Å². The van der Waals surface area contributed by atoms with Gasteiger partial charge in [-0.1, -0.05) is 30.4 Å². The Morgan fingerprint density at radius 3 is 2.75 bits per heavy atom. The Balaban J connectivity index is 1.56. The summed E-state index contributed by atoms with van der Waals surface area (Å²) in [6.45, 7) is 2.10. The third kappa shape index (κ3) is 3.59. The molecule has 0 saturated carbocycles. The zero-order valence-corrected chi connectivity index (χ0v) is 16.4. The van der Waals surface area contributed by atoms with Crippen LogP contribution in [0.5, 0.6) is 5.75 Å². The van der Waals surface area contributed by atoms with Crippen LogP contribution < -0.4 is 10.1 Å². The fraction of sp³-hybridized carbons (Fsp3) is 0.200. The second-order valence-electron chi connectivity index (χ2n) is 6.23. The molecule has 0 aliphatic heterocycles. The zero-order chi connectivity index (χ0) is 19.5. The summed E-state index contributed by atoms with van der Waals surface area (Å²) in [5, 5.41) is 16.8. The molecule has 4 rings (SSSR count). The summed E-state index contributed by atoms with van der Waals surface area (Å²) in [5.74, 6) is 1.40. The van der Waals surface area contributed by atoms with Gasteiger partial charge in [-0.2, -0.15) is 9.61 Å². The van der Waals surface area contributed by atoms with Gasteiger partial charge in [-0.25, -0.2) is 0 Å². The van der Waals surface area contributed by atoms with Gasteiger partial charge < -0.3 is 10.1 Å². The van der Waals surface area contributed by atoms with Crippen LogP contribution in [0.25, 0.3) is 15.5 Å². The van der Waals surface area contributed by atoms with Gasteiger partial charge >= 0.3 is 0 Å². The number of fused-ring (bicyclic) bond motifs is 1. The molecular weight excluding hydrogens is 374 g/mol. The highest BCUT2D eigenvalue weighted by Gasteiger charge is 2.13. The number of rotatable bonds is 6. The number of amides is 1. The lowest BCUT2D eigenvalue weighted by Gasteiger charge is -2.07. The molecule has 8 heteroatoms. The van der Waals surface area contributed by atoms with Crippen molar-refractivity contribution in [2.75, 3.05) is 12.4 Å². The number of hydrogen-bond acceptors (Lipinski definition) is 6. The maximum absolute atomic E-state index is 12.5. The zero-order valence-electron chi connectivity index (χ0n) is 15.5. The molecule has 0 aliphatic rings. The highest BCUT2D eigenvalue weighted by Crippen LogP contribution is 2.28. The minimum atomic E-state index is -0.178. The minimum absolute atomic E-state index is 0.178. The molecule has 0 bridgehead atoms. The number of nitrogens with zero attached hydrogens (tertiary/aromatic N) is 4. The standard InChI is InChI=1S/C20H19N5O2S/c1-3-5-17-22-23-20-25(17)24-19(28-20)14-6-4-7-15(12-14)21-18(26)13-8-10-16(27-2)11-9-13/h4,6-12H,3,5H2,1-2H3,(H,21,26). The normalized spacial score (nSPS) is 10.9. The quantitative estimate of drug-likeness (QED) is 0.534. The highest BCUT2D eigenvalue weighted by atomic mass is 32.1. The van der Waals surface area contributed by atoms with Gasteiger partial charge in [-0.05, 0) is 42.8 Å². The number of benzene rings is 2. The van der Waals surface area contributed by atoms with Crippen LogP contribution in [-0.4, -0.2) is 32.8 Å². The second kappa shape index (κ2) is 7.77. The lowest BCUT2D eigenvalue weighted by atomic mass is 10.1. The van der Waals surface area contributed by atoms with Crippen LogP contribution in [0.2, 0.25) is 0 Å². The molecule has 142 valence electrons. The van der Waals surface area contributed by atoms with Gasteiger partial charge in [0.15, 0.2) is 5.82 Å². The van der Waals surface area contributed by atoms with Crippen molar-refractivity contribution in [1.82, 2.24) is 19.8 Å². The van der Waals surface area contributed by atoms with Crippen molar-refractivity contribution in [2.24, 2.45) is 0 Å². The summed E-state index contributed by atoms with van der Waals surface area (Å²) in [6, 6.07) is 14.6. The molecule has 4 aromatic rings. The maximum Gasteiger partial charge on any atom is 0.255 e. The molecule has 0 atom stereocenters. The first-order valence-electron chi connectivity index (χ1n) is 8.95. The number of aryl methyl sites for hydroxylation is 1. The van der Waals surface area contributed by atoms with E-state index >= 15 is 0 Å². The SMILES string of the molecule is CCCc1nnc2sc(-c3cccc(NC(=O)c4ccc(OC)cc4)c3)nn12. The van der Waals surface area contributed by atoms with Crippen molar-refractivity contribution in [3.63, 3.8) is 0 Å². The number of hydrogen-bond donors (Lipinski definition) is 1. The Labute approximate surface area is 166 Å². The van der Waals surface area contributed by atoms with E-state index in [-0.39, 0.29) is 5.91 Å². The topological polar surface area (TPSA) is 81.4 Å². The van der Waals surface area contributed by atoms with Gasteiger partial charge in [0.1, 0.15) is 10.8 Å². The minimum Gasteiger partial charge on any atom is -0.497 e. The molecule has 1 N–H and O–H groups in total. The monoisotopic (exact) mass is 393 g/mol. The Morgan fingerprint density at radius 2 is 2.00 bits per heavy atom. The van der Waals surface area contributed by atoms with E-state index in [0.29, 0.717) is 17.0 Å². The van der Waals surface area contributed by atoms with E-state index in [1.54, 1.807) is 35.9 Å². The molecule has 0 fully saturated rings. The Kier molecular flexibility index (Phi) is 5.03. The molecule has 0 saturated heterocycles. The third-order valence-electron chi connectivity index (χ3n) is 4.25. The molecular formula is C20H19N5O2S. The number of methoxy groups -OCH3 is 1. The van der Waals surface area contributed by atoms with E-state index in [2.05, 4.69) is 27.5 Å². The average Bonchev–Trinajstić information content (AvgIpc) is 3.30. The van der Waals surface area contributed by atoms with Crippen molar-refractivity contribution in [1.29, 1.82) is 0 Å². The fourth-order valence-corrected chi connectivity index (χ4v) is 3.68. The summed E-state index contributed by atoms with van der Waals surface area (Å²) >= 11 is 1.48. The van der Waals surface area contributed by atoms with Gasteiger partial charge in [0.2, 0.25) is 4.96 Å². The predicted molar refractivity (Wildman–Crippen MR) is 109 cm³/mol. The third-order valence-corrected chi connectivity index (χ3v) is 5.20. The molecule has 0 aliphatic carbocycles. The van der Waals surface area contributed by atoms with E-state index in [9.17, 15) is 4.79 Å². The number of nitrogens with one attached hydrogen (secondary N) is 1. The first kappa shape index (κ1) is 18.1. The molecule has 0 unspecified atom stereocenters. The van der Waals surface area contributed by atoms with Crippen molar-refractivity contribution in [3.8, 4) is 16.3 Å². The molecule has 2 heterocycles. The van der Waals surface area contributed by atoms with Gasteiger partial charge in [0, 0.05) is 23.2 Å². The van der Waals surface area contributed by atoms with E-state index in [0.717, 1.165) is 34.2 Å². The fourth-order valence-electron chi connectivity index (χ4n) is 2.83. The van der Waals surface area contributed by atoms with Crippen molar-refractivity contribution >= 4 is 27.9 Å². The van der Waals surface area contributed by atoms with Crippen molar-refractivity contribution in [3.05, 3.63) is 59.9 Å². The van der Waals surface area contributed by atoms with E-state index in [4.69, 9.17) is 4.74 Å². The lowest BCUT2D eigenvalue weighted by Crippen LogP contribution is -2.11. The maximum atomic E-state index is 12.5. The van der Waals surface area contributed by atoms with Crippen molar-refractivity contribution in [2.45, 2.75) is 19.8 Å². The summed E-state index contributed by atoms with van der Waals surface area (Å²) in [7, 11) is 1.59. The van der Waals surface area contributed by atoms with E-state index < -0.39 is 0 Å². The lowest BCUT2D eigenvalue weighted by molar-refractivity contribution is 0.102. The van der Waals surface area contributed by atoms with Crippen LogP contribution in [0.3, 0.4) is 0 Å². The van der Waals surface area contributed by atoms with Gasteiger partial charge in [0.05, 0.1) is 7.11 Å². The van der Waals surface area contributed by atoms with Crippen LogP contribution in [0.1, 0.15) is 29.5 Å². The number of ether oxygens (including phenoxy) is 1. The molecule has 0 spiro atoms. The Hall–Kier alpha value is -3.26.